The van der Waals surface area contributed by atoms with Gasteiger partial charge in [-0.3, -0.25) is 14.5 Å². The first-order chi connectivity index (χ1) is 9.54. The normalized spacial score (nSPS) is 29.1. The standard InChI is InChI=1S/C14H26N4O2/c1-10-8-11(2-5-16-10)14(20)17-12-3-6-18(7-4-12)9-13(15)19/h10-12,16H,2-9H2,1H3,(H2,15,19)(H,17,20). The highest BCUT2D eigenvalue weighted by Gasteiger charge is 2.27. The molecule has 2 aliphatic heterocycles. The molecule has 2 heterocycles. The number of likely N-dealkylation sites (tertiary alicyclic amines) is 1. The largest absolute Gasteiger partial charge is 0.369 e. The van der Waals surface area contributed by atoms with Crippen LogP contribution < -0.4 is 16.4 Å². The summed E-state index contributed by atoms with van der Waals surface area (Å²) in [6, 6.07) is 0.675. The predicted octanol–water partition coefficient (Wildman–Crippen LogP) is -0.560. The first kappa shape index (κ1) is 15.3. The molecule has 0 aliphatic carbocycles. The monoisotopic (exact) mass is 282 g/mol. The van der Waals surface area contributed by atoms with E-state index in [1.807, 2.05) is 0 Å². The third-order valence-corrected chi connectivity index (χ3v) is 4.31. The maximum Gasteiger partial charge on any atom is 0.231 e. The molecule has 0 radical (unpaired) electrons. The molecule has 2 fully saturated rings. The molecule has 0 spiro atoms. The molecule has 4 N–H and O–H groups in total. The molecule has 0 aromatic rings. The van der Waals surface area contributed by atoms with Gasteiger partial charge < -0.3 is 16.4 Å². The lowest BCUT2D eigenvalue weighted by molar-refractivity contribution is -0.127. The zero-order valence-electron chi connectivity index (χ0n) is 12.2. The third-order valence-electron chi connectivity index (χ3n) is 4.31. The van der Waals surface area contributed by atoms with Crippen LogP contribution in [0.15, 0.2) is 0 Å². The summed E-state index contributed by atoms with van der Waals surface area (Å²) >= 11 is 0. The molecule has 6 nitrogen and oxygen atoms in total. The summed E-state index contributed by atoms with van der Waals surface area (Å²) in [5, 5.41) is 6.54. The van der Waals surface area contributed by atoms with E-state index in [1.165, 1.54) is 0 Å². The Kier molecular flexibility index (Phi) is 5.37. The van der Waals surface area contributed by atoms with Crippen molar-refractivity contribution < 1.29 is 9.59 Å². The van der Waals surface area contributed by atoms with Crippen molar-refractivity contribution in [3.63, 3.8) is 0 Å². The summed E-state index contributed by atoms with van der Waals surface area (Å²) < 4.78 is 0. The number of hydrogen-bond donors (Lipinski definition) is 3. The zero-order valence-corrected chi connectivity index (χ0v) is 12.2. The SMILES string of the molecule is CC1CC(C(=O)NC2CCN(CC(N)=O)CC2)CCN1. The van der Waals surface area contributed by atoms with Gasteiger partial charge in [-0.2, -0.15) is 0 Å². The molecule has 20 heavy (non-hydrogen) atoms. The van der Waals surface area contributed by atoms with E-state index in [4.69, 9.17) is 5.73 Å². The van der Waals surface area contributed by atoms with Gasteiger partial charge in [0.05, 0.1) is 6.54 Å². The first-order valence-electron chi connectivity index (χ1n) is 7.59. The molecule has 0 aromatic carbocycles. The first-order valence-corrected chi connectivity index (χ1v) is 7.59. The quantitative estimate of drug-likeness (QED) is 0.645. The zero-order chi connectivity index (χ0) is 14.5. The van der Waals surface area contributed by atoms with Crippen molar-refractivity contribution in [3.05, 3.63) is 0 Å². The van der Waals surface area contributed by atoms with Gasteiger partial charge in [-0.05, 0) is 39.2 Å². The van der Waals surface area contributed by atoms with Gasteiger partial charge in [0.15, 0.2) is 0 Å². The predicted molar refractivity (Wildman–Crippen MR) is 77.0 cm³/mol. The highest BCUT2D eigenvalue weighted by Crippen LogP contribution is 2.17. The van der Waals surface area contributed by atoms with Gasteiger partial charge >= 0.3 is 0 Å². The Bertz CT molecular complexity index is 353. The summed E-state index contributed by atoms with van der Waals surface area (Å²) in [5.74, 6) is 0.0674. The van der Waals surface area contributed by atoms with E-state index < -0.39 is 0 Å². The lowest BCUT2D eigenvalue weighted by Crippen LogP contribution is -2.49. The number of carbonyl (C=O) groups is 2. The smallest absolute Gasteiger partial charge is 0.231 e. The van der Waals surface area contributed by atoms with Crippen LogP contribution in [0.2, 0.25) is 0 Å². The second-order valence-corrected chi connectivity index (χ2v) is 6.10. The molecule has 2 aliphatic rings. The van der Waals surface area contributed by atoms with Crippen molar-refractivity contribution in [1.29, 1.82) is 0 Å². The van der Waals surface area contributed by atoms with Crippen molar-refractivity contribution in [2.45, 2.75) is 44.7 Å². The second kappa shape index (κ2) is 7.04. The average molecular weight is 282 g/mol. The molecule has 2 amide bonds. The van der Waals surface area contributed by atoms with Gasteiger partial charge in [0.2, 0.25) is 11.8 Å². The highest BCUT2D eigenvalue weighted by molar-refractivity contribution is 5.79. The maximum absolute atomic E-state index is 12.2. The van der Waals surface area contributed by atoms with E-state index >= 15 is 0 Å². The lowest BCUT2D eigenvalue weighted by Gasteiger charge is -2.33. The third kappa shape index (κ3) is 4.45. The number of hydrogen-bond acceptors (Lipinski definition) is 4. The van der Waals surface area contributed by atoms with Crippen LogP contribution in [-0.2, 0) is 9.59 Å². The summed E-state index contributed by atoms with van der Waals surface area (Å²) in [6.07, 6.45) is 3.65. The fourth-order valence-electron chi connectivity index (χ4n) is 3.14. The number of rotatable bonds is 4. The van der Waals surface area contributed by atoms with Crippen LogP contribution in [-0.4, -0.2) is 55.0 Å². The molecule has 0 aromatic heterocycles. The Labute approximate surface area is 120 Å². The molecule has 0 saturated carbocycles. The van der Waals surface area contributed by atoms with Crippen LogP contribution in [0.5, 0.6) is 0 Å². The second-order valence-electron chi connectivity index (χ2n) is 6.10. The Morgan fingerprint density at radius 2 is 2.00 bits per heavy atom. The molecule has 2 saturated heterocycles. The molecule has 114 valence electrons. The Balaban J connectivity index is 1.72. The van der Waals surface area contributed by atoms with E-state index in [1.54, 1.807) is 0 Å². The number of primary amides is 1. The minimum absolute atomic E-state index is 0.148. The number of nitrogens with two attached hydrogens (primary N) is 1. The van der Waals surface area contributed by atoms with Gasteiger partial charge in [-0.25, -0.2) is 0 Å². The van der Waals surface area contributed by atoms with Gasteiger partial charge in [-0.1, -0.05) is 0 Å². The summed E-state index contributed by atoms with van der Waals surface area (Å²) in [7, 11) is 0. The van der Waals surface area contributed by atoms with E-state index in [0.29, 0.717) is 12.6 Å². The Morgan fingerprint density at radius 1 is 1.30 bits per heavy atom. The van der Waals surface area contributed by atoms with E-state index in [9.17, 15) is 9.59 Å². The van der Waals surface area contributed by atoms with Crippen molar-refractivity contribution >= 4 is 11.8 Å². The Morgan fingerprint density at radius 3 is 2.60 bits per heavy atom. The average Bonchev–Trinajstić information content (AvgIpc) is 2.40. The molecular weight excluding hydrogens is 256 g/mol. The molecule has 2 atom stereocenters. The van der Waals surface area contributed by atoms with E-state index in [2.05, 4.69) is 22.5 Å². The Hall–Kier alpha value is -1.14. The van der Waals surface area contributed by atoms with Gasteiger partial charge in [-0.15, -0.1) is 0 Å². The minimum atomic E-state index is -0.281. The maximum atomic E-state index is 12.2. The van der Waals surface area contributed by atoms with E-state index in [0.717, 1.165) is 45.3 Å². The fraction of sp³-hybridized carbons (Fsp3) is 0.857. The van der Waals surface area contributed by atoms with Gasteiger partial charge in [0, 0.05) is 31.1 Å². The van der Waals surface area contributed by atoms with Crippen LogP contribution in [0.1, 0.15) is 32.6 Å². The number of nitrogens with one attached hydrogen (secondary N) is 2. The van der Waals surface area contributed by atoms with Crippen molar-refractivity contribution in [3.8, 4) is 0 Å². The number of amides is 2. The van der Waals surface area contributed by atoms with E-state index in [-0.39, 0.29) is 23.8 Å². The summed E-state index contributed by atoms with van der Waals surface area (Å²) in [6.45, 7) is 5.04. The van der Waals surface area contributed by atoms with Crippen LogP contribution in [0.4, 0.5) is 0 Å². The highest BCUT2D eigenvalue weighted by atomic mass is 16.2. The van der Waals surface area contributed by atoms with Crippen molar-refractivity contribution in [2.75, 3.05) is 26.2 Å². The molecule has 2 unspecified atom stereocenters. The molecule has 2 rings (SSSR count). The summed E-state index contributed by atoms with van der Waals surface area (Å²) in [4.78, 5) is 25.2. The van der Waals surface area contributed by atoms with Crippen molar-refractivity contribution in [1.82, 2.24) is 15.5 Å². The van der Waals surface area contributed by atoms with Crippen LogP contribution >= 0.6 is 0 Å². The number of nitrogens with zero attached hydrogens (tertiary/aromatic N) is 1. The van der Waals surface area contributed by atoms with Crippen LogP contribution in [0.25, 0.3) is 0 Å². The molecule has 6 heteroatoms. The number of carbonyl (C=O) groups excluding carboxylic acids is 2. The lowest BCUT2D eigenvalue weighted by atomic mass is 9.92. The van der Waals surface area contributed by atoms with Crippen molar-refractivity contribution in [2.24, 2.45) is 11.7 Å². The number of piperidine rings is 2. The van der Waals surface area contributed by atoms with Crippen LogP contribution in [0.3, 0.4) is 0 Å². The molecular formula is C14H26N4O2. The topological polar surface area (TPSA) is 87.5 Å². The minimum Gasteiger partial charge on any atom is -0.369 e. The van der Waals surface area contributed by atoms with Gasteiger partial charge in [0.25, 0.3) is 0 Å². The van der Waals surface area contributed by atoms with Gasteiger partial charge in [0.1, 0.15) is 0 Å². The molecule has 0 bridgehead atoms. The summed E-state index contributed by atoms with van der Waals surface area (Å²) in [5.41, 5.74) is 5.19. The fourth-order valence-corrected chi connectivity index (χ4v) is 3.14. The van der Waals surface area contributed by atoms with Crippen LogP contribution in [0, 0.1) is 5.92 Å².